The Bertz CT molecular complexity index is 573. The lowest BCUT2D eigenvalue weighted by Crippen LogP contribution is -2.50. The smallest absolute Gasteiger partial charge is 0.366 e. The van der Waals surface area contributed by atoms with Crippen LogP contribution in [0.25, 0.3) is 0 Å². The topological polar surface area (TPSA) is 129 Å². The Labute approximate surface area is 107 Å². The molecule has 2 N–H and O–H groups in total. The number of nitro groups is 1. The molecule has 2 rings (SSSR count). The van der Waals surface area contributed by atoms with E-state index in [0.717, 1.165) is 11.0 Å². The maximum atomic E-state index is 11.8. The first-order valence-electron chi connectivity index (χ1n) is 5.31. The lowest BCUT2D eigenvalue weighted by Gasteiger charge is -2.28. The van der Waals surface area contributed by atoms with Crippen molar-refractivity contribution < 1.29 is 19.2 Å². The van der Waals surface area contributed by atoms with Crippen molar-refractivity contribution in [2.45, 2.75) is 13.0 Å². The first-order valence-corrected chi connectivity index (χ1v) is 5.31. The van der Waals surface area contributed by atoms with E-state index in [1.54, 1.807) is 0 Å². The van der Waals surface area contributed by atoms with Crippen molar-refractivity contribution in [2.75, 3.05) is 11.5 Å². The molecule has 0 aliphatic carbocycles. The number of pyridine rings is 1. The molecule has 0 aromatic carbocycles. The van der Waals surface area contributed by atoms with Gasteiger partial charge in [-0.05, 0) is 22.9 Å². The van der Waals surface area contributed by atoms with E-state index < -0.39 is 28.6 Å². The van der Waals surface area contributed by atoms with Gasteiger partial charge in [0, 0.05) is 6.07 Å². The molecule has 0 spiro atoms. The molecule has 2 heterocycles. The fourth-order valence-electron chi connectivity index (χ4n) is 1.67. The molecule has 9 nitrogen and oxygen atoms in total. The van der Waals surface area contributed by atoms with Gasteiger partial charge in [-0.2, -0.15) is 0 Å². The number of hydrogen-bond donors (Lipinski definition) is 1. The maximum Gasteiger partial charge on any atom is 0.366 e. The number of rotatable bonds is 3. The van der Waals surface area contributed by atoms with Gasteiger partial charge in [0.05, 0.1) is 0 Å². The molecule has 0 bridgehead atoms. The van der Waals surface area contributed by atoms with Crippen molar-refractivity contribution in [3.8, 4) is 5.75 Å². The molecule has 1 aliphatic rings. The second-order valence-electron chi connectivity index (χ2n) is 3.88. The SMILES string of the molecule is CC(C(N)=O)N1C(=O)COc2ccc([N+](=O)[O-])nc21. The van der Waals surface area contributed by atoms with Gasteiger partial charge in [-0.25, -0.2) is 0 Å². The summed E-state index contributed by atoms with van der Waals surface area (Å²) in [5.74, 6) is -1.60. The fraction of sp³-hybridized carbons (Fsp3) is 0.300. The zero-order valence-corrected chi connectivity index (χ0v) is 9.90. The van der Waals surface area contributed by atoms with Crippen LogP contribution in [-0.4, -0.2) is 34.4 Å². The van der Waals surface area contributed by atoms with Crippen LogP contribution in [0.15, 0.2) is 12.1 Å². The summed E-state index contributed by atoms with van der Waals surface area (Å²) in [5, 5.41) is 10.7. The summed E-state index contributed by atoms with van der Waals surface area (Å²) in [6.45, 7) is 1.14. The summed E-state index contributed by atoms with van der Waals surface area (Å²) in [6.07, 6.45) is 0. The number of carbonyl (C=O) groups is 2. The Hall–Kier alpha value is -2.71. The van der Waals surface area contributed by atoms with Gasteiger partial charge in [-0.3, -0.25) is 14.5 Å². The quantitative estimate of drug-likeness (QED) is 0.584. The van der Waals surface area contributed by atoms with E-state index in [2.05, 4.69) is 4.98 Å². The molecule has 0 saturated carbocycles. The molecule has 100 valence electrons. The molecule has 0 fully saturated rings. The van der Waals surface area contributed by atoms with Gasteiger partial charge in [0.25, 0.3) is 11.7 Å². The van der Waals surface area contributed by atoms with Crippen LogP contribution in [-0.2, 0) is 9.59 Å². The number of nitrogens with two attached hydrogens (primary N) is 1. The van der Waals surface area contributed by atoms with E-state index in [9.17, 15) is 19.7 Å². The predicted octanol–water partition coefficient (Wildman–Crippen LogP) is -0.411. The van der Waals surface area contributed by atoms with Crippen LogP contribution in [0.5, 0.6) is 5.75 Å². The summed E-state index contributed by atoms with van der Waals surface area (Å²) in [5.41, 5.74) is 5.15. The normalized spacial score (nSPS) is 15.4. The number of aromatic nitrogens is 1. The third kappa shape index (κ3) is 2.17. The highest BCUT2D eigenvalue weighted by atomic mass is 16.6. The van der Waals surface area contributed by atoms with E-state index in [1.165, 1.54) is 13.0 Å². The van der Waals surface area contributed by atoms with Gasteiger partial charge >= 0.3 is 5.82 Å². The summed E-state index contributed by atoms with van der Waals surface area (Å²) >= 11 is 0. The third-order valence-corrected chi connectivity index (χ3v) is 2.66. The number of fused-ring (bicyclic) bond motifs is 1. The first-order chi connectivity index (χ1) is 8.91. The zero-order chi connectivity index (χ0) is 14.2. The molecular weight excluding hydrogens is 256 g/mol. The fourth-order valence-corrected chi connectivity index (χ4v) is 1.67. The molecule has 0 saturated heterocycles. The highest BCUT2D eigenvalue weighted by Crippen LogP contribution is 2.33. The molecule has 2 amide bonds. The summed E-state index contributed by atoms with van der Waals surface area (Å²) < 4.78 is 5.10. The molecule has 1 unspecified atom stereocenters. The van der Waals surface area contributed by atoms with Crippen molar-refractivity contribution >= 4 is 23.5 Å². The molecule has 1 atom stereocenters. The number of ether oxygens (including phenoxy) is 1. The van der Waals surface area contributed by atoms with E-state index in [0.29, 0.717) is 0 Å². The monoisotopic (exact) mass is 266 g/mol. The minimum Gasteiger partial charge on any atom is -0.477 e. The van der Waals surface area contributed by atoms with Crippen LogP contribution in [0.4, 0.5) is 11.6 Å². The van der Waals surface area contributed by atoms with Crippen molar-refractivity contribution in [1.29, 1.82) is 0 Å². The lowest BCUT2D eigenvalue weighted by molar-refractivity contribution is -0.389. The average Bonchev–Trinajstić information content (AvgIpc) is 2.37. The molecule has 9 heteroatoms. The summed E-state index contributed by atoms with van der Waals surface area (Å²) in [4.78, 5) is 37.7. The minimum atomic E-state index is -0.968. The second kappa shape index (κ2) is 4.52. The second-order valence-corrected chi connectivity index (χ2v) is 3.88. The van der Waals surface area contributed by atoms with Gasteiger partial charge in [0.15, 0.2) is 12.4 Å². The van der Waals surface area contributed by atoms with Crippen LogP contribution in [0, 0.1) is 10.1 Å². The van der Waals surface area contributed by atoms with Crippen LogP contribution >= 0.6 is 0 Å². The summed E-state index contributed by atoms with van der Waals surface area (Å²) in [7, 11) is 0. The van der Waals surface area contributed by atoms with E-state index in [1.807, 2.05) is 0 Å². The van der Waals surface area contributed by atoms with Crippen LogP contribution in [0.1, 0.15) is 6.92 Å². The van der Waals surface area contributed by atoms with Crippen molar-refractivity contribution in [3.05, 3.63) is 22.2 Å². The molecule has 1 aromatic rings. The van der Waals surface area contributed by atoms with Gasteiger partial charge < -0.3 is 20.6 Å². The Balaban J connectivity index is 2.53. The molecular formula is C10H10N4O5. The number of carbonyl (C=O) groups excluding carboxylic acids is 2. The number of anilines is 1. The lowest BCUT2D eigenvalue weighted by atomic mass is 10.2. The largest absolute Gasteiger partial charge is 0.477 e. The Morgan fingerprint density at radius 2 is 2.32 bits per heavy atom. The Morgan fingerprint density at radius 3 is 2.89 bits per heavy atom. The average molecular weight is 266 g/mol. The van der Waals surface area contributed by atoms with Gasteiger partial charge in [0.2, 0.25) is 5.91 Å². The Morgan fingerprint density at radius 1 is 1.63 bits per heavy atom. The number of amides is 2. The zero-order valence-electron chi connectivity index (χ0n) is 9.90. The Kier molecular flexibility index (Phi) is 3.03. The van der Waals surface area contributed by atoms with Crippen molar-refractivity contribution in [3.63, 3.8) is 0 Å². The van der Waals surface area contributed by atoms with Crippen molar-refractivity contribution in [2.24, 2.45) is 5.73 Å². The highest BCUT2D eigenvalue weighted by Gasteiger charge is 2.37. The highest BCUT2D eigenvalue weighted by molar-refractivity contribution is 6.02. The van der Waals surface area contributed by atoms with Crippen LogP contribution in [0.2, 0.25) is 0 Å². The predicted molar refractivity (Wildman–Crippen MR) is 62.5 cm³/mol. The van der Waals surface area contributed by atoms with E-state index >= 15 is 0 Å². The first kappa shape index (κ1) is 12.7. The molecule has 0 radical (unpaired) electrons. The van der Waals surface area contributed by atoms with Crippen molar-refractivity contribution in [1.82, 2.24) is 4.98 Å². The van der Waals surface area contributed by atoms with Gasteiger partial charge in [-0.1, -0.05) is 0 Å². The third-order valence-electron chi connectivity index (χ3n) is 2.66. The molecule has 1 aliphatic heterocycles. The van der Waals surface area contributed by atoms with Crippen LogP contribution < -0.4 is 15.4 Å². The van der Waals surface area contributed by atoms with Gasteiger partial charge in [0.1, 0.15) is 6.04 Å². The number of primary amides is 1. The maximum absolute atomic E-state index is 11.8. The number of hydrogen-bond acceptors (Lipinski definition) is 6. The van der Waals surface area contributed by atoms with Gasteiger partial charge in [-0.15, -0.1) is 0 Å². The minimum absolute atomic E-state index is 0.0725. The summed E-state index contributed by atoms with van der Waals surface area (Å²) in [6, 6.07) is 1.51. The number of nitrogens with zero attached hydrogens (tertiary/aromatic N) is 3. The molecule has 19 heavy (non-hydrogen) atoms. The standard InChI is InChI=1S/C10H10N4O5/c1-5(9(11)16)13-8(15)4-19-6-2-3-7(14(17)18)12-10(6)13/h2-3,5H,4H2,1H3,(H2,11,16). The van der Waals surface area contributed by atoms with Crippen LogP contribution in [0.3, 0.4) is 0 Å². The van der Waals surface area contributed by atoms with E-state index in [4.69, 9.17) is 10.5 Å². The van der Waals surface area contributed by atoms with E-state index in [-0.39, 0.29) is 18.2 Å². The molecule has 1 aromatic heterocycles.